The van der Waals surface area contributed by atoms with Crippen molar-refractivity contribution in [2.75, 3.05) is 0 Å². The zero-order valence-corrected chi connectivity index (χ0v) is 17.5. The molecular formula is C23H27N7. The number of aromatic amines is 1. The zero-order chi connectivity index (χ0) is 20.8. The van der Waals surface area contributed by atoms with Crippen LogP contribution in [-0.2, 0) is 19.4 Å². The number of unbranched alkanes of at least 4 members (excludes halogenated alkanes) is 1. The van der Waals surface area contributed by atoms with E-state index in [-0.39, 0.29) is 0 Å². The number of nitrogens with zero attached hydrogens (tertiary/aromatic N) is 6. The summed E-state index contributed by atoms with van der Waals surface area (Å²) in [6.45, 7) is 5.30. The molecule has 0 aliphatic heterocycles. The van der Waals surface area contributed by atoms with Gasteiger partial charge in [0.05, 0.1) is 0 Å². The van der Waals surface area contributed by atoms with Crippen LogP contribution in [0.15, 0.2) is 48.5 Å². The number of aromatic nitrogens is 7. The van der Waals surface area contributed by atoms with E-state index in [1.807, 2.05) is 18.2 Å². The van der Waals surface area contributed by atoms with Gasteiger partial charge in [0.2, 0.25) is 5.82 Å². The molecule has 1 N–H and O–H groups in total. The van der Waals surface area contributed by atoms with E-state index >= 15 is 0 Å². The summed E-state index contributed by atoms with van der Waals surface area (Å²) in [5, 5.41) is 19.2. The van der Waals surface area contributed by atoms with Crippen LogP contribution in [0.3, 0.4) is 0 Å². The van der Waals surface area contributed by atoms with E-state index in [4.69, 9.17) is 10.1 Å². The quantitative estimate of drug-likeness (QED) is 0.447. The van der Waals surface area contributed by atoms with Gasteiger partial charge in [-0.2, -0.15) is 10.3 Å². The van der Waals surface area contributed by atoms with Crippen LogP contribution >= 0.6 is 0 Å². The smallest absolute Gasteiger partial charge is 0.205 e. The summed E-state index contributed by atoms with van der Waals surface area (Å²) in [4.78, 5) is 4.80. The van der Waals surface area contributed by atoms with E-state index < -0.39 is 0 Å². The minimum Gasteiger partial charge on any atom is -0.249 e. The minimum absolute atomic E-state index is 0.599. The van der Waals surface area contributed by atoms with Crippen LogP contribution in [0.5, 0.6) is 0 Å². The maximum Gasteiger partial charge on any atom is 0.205 e. The SMILES string of the molecule is CCCCn1nc(CCC)nc1Cc1ccc(-c2ccccc2-c2nn[nH]n2)cc1. The summed E-state index contributed by atoms with van der Waals surface area (Å²) in [6, 6.07) is 16.7. The number of tetrazole rings is 1. The van der Waals surface area contributed by atoms with Crippen LogP contribution in [0.1, 0.15) is 50.3 Å². The van der Waals surface area contributed by atoms with Crippen LogP contribution in [0.2, 0.25) is 0 Å². The fraction of sp³-hybridized carbons (Fsp3) is 0.348. The van der Waals surface area contributed by atoms with Crippen molar-refractivity contribution in [2.45, 2.75) is 52.5 Å². The Balaban J connectivity index is 1.57. The Labute approximate surface area is 176 Å². The molecule has 0 spiro atoms. The third-order valence-corrected chi connectivity index (χ3v) is 5.13. The molecule has 0 radical (unpaired) electrons. The second kappa shape index (κ2) is 9.43. The van der Waals surface area contributed by atoms with Gasteiger partial charge in [-0.1, -0.05) is 68.8 Å². The number of nitrogens with one attached hydrogen (secondary N) is 1. The van der Waals surface area contributed by atoms with Gasteiger partial charge in [-0.25, -0.2) is 9.67 Å². The third-order valence-electron chi connectivity index (χ3n) is 5.13. The fourth-order valence-corrected chi connectivity index (χ4v) is 3.56. The summed E-state index contributed by atoms with van der Waals surface area (Å²) in [5.74, 6) is 2.60. The largest absolute Gasteiger partial charge is 0.249 e. The second-order valence-corrected chi connectivity index (χ2v) is 7.43. The van der Waals surface area contributed by atoms with Gasteiger partial charge in [-0.15, -0.1) is 10.2 Å². The van der Waals surface area contributed by atoms with Gasteiger partial charge >= 0.3 is 0 Å². The first-order valence-corrected chi connectivity index (χ1v) is 10.6. The van der Waals surface area contributed by atoms with Crippen LogP contribution in [0.25, 0.3) is 22.5 Å². The molecule has 2 aromatic heterocycles. The van der Waals surface area contributed by atoms with Crippen molar-refractivity contribution < 1.29 is 0 Å². The molecule has 30 heavy (non-hydrogen) atoms. The van der Waals surface area contributed by atoms with Gasteiger partial charge in [-0.3, -0.25) is 0 Å². The molecule has 2 heterocycles. The molecule has 0 saturated carbocycles. The average Bonchev–Trinajstić information content (AvgIpc) is 3.44. The van der Waals surface area contributed by atoms with E-state index in [1.54, 1.807) is 0 Å². The third kappa shape index (κ3) is 4.45. The monoisotopic (exact) mass is 401 g/mol. The van der Waals surface area contributed by atoms with Crippen LogP contribution in [-0.4, -0.2) is 35.4 Å². The molecule has 0 saturated heterocycles. The first-order valence-electron chi connectivity index (χ1n) is 10.6. The van der Waals surface area contributed by atoms with Crippen LogP contribution in [0.4, 0.5) is 0 Å². The van der Waals surface area contributed by atoms with E-state index in [2.05, 4.69) is 69.5 Å². The van der Waals surface area contributed by atoms with Crippen molar-refractivity contribution in [3.63, 3.8) is 0 Å². The number of aryl methyl sites for hydroxylation is 2. The predicted molar refractivity (Wildman–Crippen MR) is 117 cm³/mol. The normalized spacial score (nSPS) is 11.1. The lowest BCUT2D eigenvalue weighted by Gasteiger charge is -2.09. The molecular weight excluding hydrogens is 374 g/mol. The lowest BCUT2D eigenvalue weighted by molar-refractivity contribution is 0.545. The van der Waals surface area contributed by atoms with Crippen molar-refractivity contribution in [3.05, 3.63) is 65.7 Å². The van der Waals surface area contributed by atoms with Crippen molar-refractivity contribution >= 4 is 0 Å². The van der Waals surface area contributed by atoms with E-state index in [1.165, 1.54) is 5.56 Å². The fourth-order valence-electron chi connectivity index (χ4n) is 3.56. The Hall–Kier alpha value is -3.35. The number of rotatable bonds is 9. The molecule has 154 valence electrons. The molecule has 7 heteroatoms. The maximum absolute atomic E-state index is 4.80. The molecule has 0 atom stereocenters. The van der Waals surface area contributed by atoms with Crippen molar-refractivity contribution in [1.82, 2.24) is 35.4 Å². The summed E-state index contributed by atoms with van der Waals surface area (Å²) < 4.78 is 2.09. The molecule has 7 nitrogen and oxygen atoms in total. The summed E-state index contributed by atoms with van der Waals surface area (Å²) in [5.41, 5.74) is 4.39. The van der Waals surface area contributed by atoms with Gasteiger partial charge in [0.1, 0.15) is 5.82 Å². The summed E-state index contributed by atoms with van der Waals surface area (Å²) in [6.07, 6.45) is 5.04. The first kappa shape index (κ1) is 19.9. The van der Waals surface area contributed by atoms with Crippen molar-refractivity contribution in [1.29, 1.82) is 0 Å². The minimum atomic E-state index is 0.599. The number of benzene rings is 2. The number of H-pyrrole nitrogens is 1. The highest BCUT2D eigenvalue weighted by molar-refractivity contribution is 5.80. The molecule has 0 bridgehead atoms. The van der Waals surface area contributed by atoms with E-state index in [0.717, 1.165) is 67.0 Å². The Morgan fingerprint density at radius 3 is 2.43 bits per heavy atom. The Morgan fingerprint density at radius 2 is 1.73 bits per heavy atom. The lowest BCUT2D eigenvalue weighted by atomic mass is 9.98. The second-order valence-electron chi connectivity index (χ2n) is 7.43. The maximum atomic E-state index is 4.80. The summed E-state index contributed by atoms with van der Waals surface area (Å²) >= 11 is 0. The topological polar surface area (TPSA) is 85.2 Å². The van der Waals surface area contributed by atoms with Gasteiger partial charge < -0.3 is 0 Å². The Morgan fingerprint density at radius 1 is 0.933 bits per heavy atom. The predicted octanol–water partition coefficient (Wildman–Crippen LogP) is 4.47. The highest BCUT2D eigenvalue weighted by Crippen LogP contribution is 2.29. The van der Waals surface area contributed by atoms with Gasteiger partial charge in [-0.05, 0) is 34.7 Å². The van der Waals surface area contributed by atoms with E-state index in [9.17, 15) is 0 Å². The van der Waals surface area contributed by atoms with Crippen LogP contribution in [0, 0.1) is 0 Å². The molecule has 0 amide bonds. The first-order chi connectivity index (χ1) is 14.8. The lowest BCUT2D eigenvalue weighted by Crippen LogP contribution is -2.06. The van der Waals surface area contributed by atoms with Crippen molar-refractivity contribution in [3.8, 4) is 22.5 Å². The average molecular weight is 402 g/mol. The van der Waals surface area contributed by atoms with Gasteiger partial charge in [0, 0.05) is 24.9 Å². The number of hydrogen-bond acceptors (Lipinski definition) is 5. The molecule has 2 aromatic carbocycles. The molecule has 0 aliphatic carbocycles. The van der Waals surface area contributed by atoms with Gasteiger partial charge in [0.25, 0.3) is 0 Å². The molecule has 0 unspecified atom stereocenters. The van der Waals surface area contributed by atoms with Gasteiger partial charge in [0.15, 0.2) is 5.82 Å². The standard InChI is InChI=1S/C23H27N7/c1-3-5-15-30-22(24-21(27-30)8-4-2)16-17-11-13-18(14-12-17)19-9-6-7-10-20(19)23-25-28-29-26-23/h6-7,9-14H,3-5,8,15-16H2,1-2H3,(H,25,26,28,29). The highest BCUT2D eigenvalue weighted by atomic mass is 15.5. The van der Waals surface area contributed by atoms with Crippen LogP contribution < -0.4 is 0 Å². The molecule has 0 fully saturated rings. The van der Waals surface area contributed by atoms with Crippen molar-refractivity contribution in [2.24, 2.45) is 0 Å². The summed E-state index contributed by atoms with van der Waals surface area (Å²) in [7, 11) is 0. The molecule has 4 rings (SSSR count). The Kier molecular flexibility index (Phi) is 6.27. The Bertz CT molecular complexity index is 1070. The zero-order valence-electron chi connectivity index (χ0n) is 17.5. The number of hydrogen-bond donors (Lipinski definition) is 1. The van der Waals surface area contributed by atoms with E-state index in [0.29, 0.717) is 5.82 Å². The highest BCUT2D eigenvalue weighted by Gasteiger charge is 2.12. The molecule has 4 aromatic rings. The molecule has 0 aliphatic rings.